The van der Waals surface area contributed by atoms with Gasteiger partial charge < -0.3 is 20.7 Å². The van der Waals surface area contributed by atoms with Crippen LogP contribution < -0.4 is 16.0 Å². The summed E-state index contributed by atoms with van der Waals surface area (Å²) < 4.78 is 4.74. The molecule has 1 aromatic heterocycles. The van der Waals surface area contributed by atoms with E-state index in [1.54, 1.807) is 24.3 Å². The molecule has 10 nitrogen and oxygen atoms in total. The summed E-state index contributed by atoms with van der Waals surface area (Å²) >= 11 is 1.10. The molecule has 1 aromatic carbocycles. The maximum atomic E-state index is 12.3. The maximum absolute atomic E-state index is 12.3. The van der Waals surface area contributed by atoms with E-state index in [-0.39, 0.29) is 24.1 Å². The minimum absolute atomic E-state index is 0.111. The summed E-state index contributed by atoms with van der Waals surface area (Å²) in [6.45, 7) is 3.80. The Morgan fingerprint density at radius 1 is 1.19 bits per heavy atom. The summed E-state index contributed by atoms with van der Waals surface area (Å²) in [5.74, 6) is -1.00. The first-order valence-electron chi connectivity index (χ1n) is 11.8. The zero-order valence-corrected chi connectivity index (χ0v) is 21.5. The van der Waals surface area contributed by atoms with Crippen LogP contribution >= 0.6 is 11.8 Å². The van der Waals surface area contributed by atoms with E-state index in [0.717, 1.165) is 11.8 Å². The van der Waals surface area contributed by atoms with Gasteiger partial charge in [0.2, 0.25) is 5.91 Å². The monoisotopic (exact) mass is 520 g/mol. The molecule has 3 N–H and O–H groups in total. The van der Waals surface area contributed by atoms with Crippen molar-refractivity contribution in [3.05, 3.63) is 52.6 Å². The number of aromatic nitrogens is 1. The second-order valence-corrected chi connectivity index (χ2v) is 9.56. The average Bonchev–Trinajstić information content (AvgIpc) is 2.90. The summed E-state index contributed by atoms with van der Waals surface area (Å²) in [6.07, 6.45) is 1.62. The number of amides is 2. The van der Waals surface area contributed by atoms with Gasteiger partial charge in [0.25, 0.3) is 5.91 Å². The van der Waals surface area contributed by atoms with Crippen LogP contribution in [0.2, 0.25) is 0 Å². The van der Waals surface area contributed by atoms with E-state index in [2.05, 4.69) is 17.5 Å². The third-order valence-corrected chi connectivity index (χ3v) is 7.24. The highest BCUT2D eigenvalue weighted by atomic mass is 32.2. The van der Waals surface area contributed by atoms with Crippen LogP contribution in [0.25, 0.3) is 0 Å². The summed E-state index contributed by atoms with van der Waals surface area (Å²) in [5, 5.41) is 22.4. The van der Waals surface area contributed by atoms with Crippen LogP contribution in [-0.4, -0.2) is 48.5 Å². The van der Waals surface area contributed by atoms with Crippen LogP contribution in [0.4, 0.5) is 5.82 Å². The summed E-state index contributed by atoms with van der Waals surface area (Å²) in [4.78, 5) is 42.0. The number of nitrogens with zero attached hydrogens (tertiary/aromatic N) is 4. The molecule has 1 fully saturated rings. The van der Waals surface area contributed by atoms with Gasteiger partial charge in [-0.2, -0.15) is 10.5 Å². The second kappa shape index (κ2) is 12.7. The van der Waals surface area contributed by atoms with Crippen LogP contribution in [0.15, 0.2) is 35.4 Å². The molecule has 11 heteroatoms. The van der Waals surface area contributed by atoms with Gasteiger partial charge in [-0.3, -0.25) is 14.4 Å². The topological polar surface area (TPSA) is 162 Å². The number of pyridine rings is 1. The lowest BCUT2D eigenvalue weighted by atomic mass is 10.00. The highest BCUT2D eigenvalue weighted by molar-refractivity contribution is 8.00. The third kappa shape index (κ3) is 6.78. The van der Waals surface area contributed by atoms with Gasteiger partial charge in [-0.25, -0.2) is 4.98 Å². The minimum Gasteiger partial charge on any atom is -0.456 e. The van der Waals surface area contributed by atoms with Crippen molar-refractivity contribution in [1.29, 1.82) is 10.5 Å². The Morgan fingerprint density at radius 2 is 1.84 bits per heavy atom. The van der Waals surface area contributed by atoms with E-state index in [1.165, 1.54) is 6.92 Å². The molecule has 1 unspecified atom stereocenters. The molecule has 2 aromatic rings. The number of esters is 1. The predicted octanol–water partition coefficient (Wildman–Crippen LogP) is 2.35. The van der Waals surface area contributed by atoms with E-state index in [1.807, 2.05) is 17.9 Å². The highest BCUT2D eigenvalue weighted by Gasteiger charge is 2.29. The number of nitrogens with one attached hydrogen (secondary N) is 1. The number of ether oxygens (including phenoxy) is 1. The fourth-order valence-corrected chi connectivity index (χ4v) is 5.26. The van der Waals surface area contributed by atoms with Crippen LogP contribution in [0.1, 0.15) is 54.2 Å². The van der Waals surface area contributed by atoms with Crippen LogP contribution in [-0.2, 0) is 25.5 Å². The van der Waals surface area contributed by atoms with Crippen molar-refractivity contribution in [2.45, 2.75) is 49.4 Å². The van der Waals surface area contributed by atoms with E-state index in [0.29, 0.717) is 59.9 Å². The molecule has 0 saturated carbocycles. The molecular formula is C26H28N6O4S. The van der Waals surface area contributed by atoms with Crippen molar-refractivity contribution in [1.82, 2.24) is 10.3 Å². The van der Waals surface area contributed by atoms with Crippen molar-refractivity contribution >= 4 is 35.4 Å². The van der Waals surface area contributed by atoms with Crippen LogP contribution in [0, 0.1) is 22.7 Å². The molecule has 0 aliphatic carbocycles. The van der Waals surface area contributed by atoms with Crippen molar-refractivity contribution in [3.8, 4) is 12.1 Å². The molecule has 3 rings (SSSR count). The normalized spacial score (nSPS) is 14.2. The average molecular weight is 521 g/mol. The lowest BCUT2D eigenvalue weighted by Crippen LogP contribution is -2.46. The summed E-state index contributed by atoms with van der Waals surface area (Å²) in [7, 11) is 0. The lowest BCUT2D eigenvalue weighted by Gasteiger charge is -2.34. The standard InChI is InChI=1S/C26H28N6O4S/c1-3-19-20(13-27)25(32-11-9-18(10-12-32)30-22(34)15-36-16(2)33)31-26(21(19)14-28)37-23(24(29)35)17-7-5-4-6-8-17/h4-8,18,23H,3,9-12,15H2,1-2H3,(H2,29,35)(H,30,34). The minimum atomic E-state index is -0.760. The first kappa shape index (κ1) is 27.5. The first-order chi connectivity index (χ1) is 17.8. The summed E-state index contributed by atoms with van der Waals surface area (Å²) in [6, 6.07) is 13.3. The number of hydrogen-bond donors (Lipinski definition) is 2. The highest BCUT2D eigenvalue weighted by Crippen LogP contribution is 2.39. The summed E-state index contributed by atoms with van der Waals surface area (Å²) in [5.41, 5.74) is 7.58. The predicted molar refractivity (Wildman–Crippen MR) is 137 cm³/mol. The molecule has 0 radical (unpaired) electrons. The number of benzene rings is 1. The number of rotatable bonds is 9. The van der Waals surface area contributed by atoms with Gasteiger partial charge in [0, 0.05) is 26.1 Å². The number of anilines is 1. The second-order valence-electron chi connectivity index (χ2n) is 8.47. The Kier molecular flexibility index (Phi) is 9.47. The third-order valence-electron chi connectivity index (χ3n) is 5.98. The van der Waals surface area contributed by atoms with Gasteiger partial charge in [-0.15, -0.1) is 0 Å². The van der Waals surface area contributed by atoms with Crippen molar-refractivity contribution in [3.63, 3.8) is 0 Å². The zero-order valence-electron chi connectivity index (χ0n) is 20.7. The van der Waals surface area contributed by atoms with Crippen molar-refractivity contribution in [2.75, 3.05) is 24.6 Å². The number of thioether (sulfide) groups is 1. The van der Waals surface area contributed by atoms with Crippen molar-refractivity contribution in [2.24, 2.45) is 5.73 Å². The molecular weight excluding hydrogens is 492 g/mol. The molecule has 2 amide bonds. The Hall–Kier alpha value is -4.09. The van der Waals surface area contributed by atoms with Gasteiger partial charge in [0.15, 0.2) is 6.61 Å². The Balaban J connectivity index is 1.89. The largest absolute Gasteiger partial charge is 0.456 e. The maximum Gasteiger partial charge on any atom is 0.303 e. The molecule has 0 spiro atoms. The molecule has 192 valence electrons. The molecule has 0 bridgehead atoms. The van der Waals surface area contributed by atoms with Gasteiger partial charge in [-0.05, 0) is 30.4 Å². The van der Waals surface area contributed by atoms with E-state index >= 15 is 0 Å². The quantitative estimate of drug-likeness (QED) is 0.373. The fraction of sp³-hybridized carbons (Fsp3) is 0.385. The van der Waals surface area contributed by atoms with Gasteiger partial charge >= 0.3 is 5.97 Å². The number of nitriles is 2. The number of piperidine rings is 1. The first-order valence-corrected chi connectivity index (χ1v) is 12.7. The Labute approximate surface area is 219 Å². The lowest BCUT2D eigenvalue weighted by molar-refractivity contribution is -0.146. The Morgan fingerprint density at radius 3 is 2.38 bits per heavy atom. The van der Waals surface area contributed by atoms with Gasteiger partial charge in [0.1, 0.15) is 28.2 Å². The van der Waals surface area contributed by atoms with E-state index in [9.17, 15) is 24.9 Å². The fourth-order valence-electron chi connectivity index (χ4n) is 4.20. The molecule has 1 saturated heterocycles. The Bertz CT molecular complexity index is 1250. The van der Waals surface area contributed by atoms with Gasteiger partial charge in [-0.1, -0.05) is 49.0 Å². The number of carbonyl (C=O) groups excluding carboxylic acids is 3. The van der Waals surface area contributed by atoms with Crippen LogP contribution in [0.3, 0.4) is 0 Å². The number of carbonyl (C=O) groups is 3. The number of nitrogens with two attached hydrogens (primary N) is 1. The SMILES string of the molecule is CCc1c(C#N)c(SC(C(N)=O)c2ccccc2)nc(N2CCC(NC(=O)COC(C)=O)CC2)c1C#N. The molecule has 1 aliphatic rings. The molecule has 2 heterocycles. The molecule has 1 aliphatic heterocycles. The smallest absolute Gasteiger partial charge is 0.303 e. The van der Waals surface area contributed by atoms with E-state index in [4.69, 9.17) is 15.5 Å². The number of primary amides is 1. The van der Waals surface area contributed by atoms with Crippen molar-refractivity contribution < 1.29 is 19.1 Å². The van der Waals surface area contributed by atoms with E-state index < -0.39 is 17.1 Å². The van der Waals surface area contributed by atoms with Gasteiger partial charge in [0.05, 0.1) is 11.1 Å². The number of hydrogen-bond acceptors (Lipinski definition) is 9. The van der Waals surface area contributed by atoms with Crippen LogP contribution in [0.5, 0.6) is 0 Å². The molecule has 37 heavy (non-hydrogen) atoms. The zero-order chi connectivity index (χ0) is 26.9. The molecule has 1 atom stereocenters.